The first-order valence-electron chi connectivity index (χ1n) is 7.80. The number of nitrogens with one attached hydrogen (secondary N) is 2. The van der Waals surface area contributed by atoms with Gasteiger partial charge in [-0.3, -0.25) is 4.31 Å². The molecule has 3 rings (SSSR count). The van der Waals surface area contributed by atoms with Crippen molar-refractivity contribution in [2.75, 3.05) is 34.3 Å². The van der Waals surface area contributed by atoms with E-state index in [0.29, 0.717) is 35.8 Å². The van der Waals surface area contributed by atoms with Gasteiger partial charge in [-0.15, -0.1) is 0 Å². The van der Waals surface area contributed by atoms with Crippen LogP contribution in [0.5, 0.6) is 5.75 Å². The average molecular weight is 361 g/mol. The molecule has 2 amide bonds. The van der Waals surface area contributed by atoms with E-state index in [1.165, 1.54) is 4.31 Å². The molecule has 25 heavy (non-hydrogen) atoms. The summed E-state index contributed by atoms with van der Waals surface area (Å²) >= 11 is 0. The number of amides is 2. The number of benzene rings is 2. The van der Waals surface area contributed by atoms with E-state index in [1.54, 1.807) is 55.6 Å². The number of methoxy groups -OCH3 is 1. The molecule has 1 aliphatic rings. The van der Waals surface area contributed by atoms with Crippen molar-refractivity contribution in [1.29, 1.82) is 0 Å². The molecule has 0 aromatic heterocycles. The van der Waals surface area contributed by atoms with Crippen molar-refractivity contribution in [2.45, 2.75) is 6.42 Å². The molecule has 2 N–H and O–H groups in total. The summed E-state index contributed by atoms with van der Waals surface area (Å²) in [5, 5.41) is 5.42. The van der Waals surface area contributed by atoms with Crippen LogP contribution in [0.25, 0.3) is 0 Å². The number of anilines is 3. The monoisotopic (exact) mass is 361 g/mol. The van der Waals surface area contributed by atoms with Crippen molar-refractivity contribution in [2.24, 2.45) is 0 Å². The summed E-state index contributed by atoms with van der Waals surface area (Å²) in [5.74, 6) is 0.824. The number of sulfonamides is 1. The minimum Gasteiger partial charge on any atom is -0.497 e. The summed E-state index contributed by atoms with van der Waals surface area (Å²) in [7, 11) is -1.64. The van der Waals surface area contributed by atoms with Gasteiger partial charge >= 0.3 is 6.03 Å². The van der Waals surface area contributed by atoms with Crippen molar-refractivity contribution in [1.82, 2.24) is 0 Å². The number of hydrogen-bond donors (Lipinski definition) is 2. The fourth-order valence-corrected chi connectivity index (χ4v) is 4.20. The minimum atomic E-state index is -3.20. The second kappa shape index (κ2) is 7.02. The van der Waals surface area contributed by atoms with Gasteiger partial charge in [0.2, 0.25) is 10.0 Å². The number of carbonyl (C=O) groups is 1. The summed E-state index contributed by atoms with van der Waals surface area (Å²) in [4.78, 5) is 12.1. The largest absolute Gasteiger partial charge is 0.497 e. The van der Waals surface area contributed by atoms with Crippen LogP contribution in [0.3, 0.4) is 0 Å². The molecule has 1 fully saturated rings. The van der Waals surface area contributed by atoms with Crippen LogP contribution in [0, 0.1) is 0 Å². The van der Waals surface area contributed by atoms with E-state index < -0.39 is 16.1 Å². The Bertz CT molecular complexity index is 866. The lowest BCUT2D eigenvalue weighted by molar-refractivity contribution is 0.262. The van der Waals surface area contributed by atoms with Crippen LogP contribution >= 0.6 is 0 Å². The topological polar surface area (TPSA) is 87.7 Å². The van der Waals surface area contributed by atoms with E-state index in [0.717, 1.165) is 0 Å². The van der Waals surface area contributed by atoms with E-state index in [-0.39, 0.29) is 5.75 Å². The summed E-state index contributed by atoms with van der Waals surface area (Å²) < 4.78 is 30.3. The SMILES string of the molecule is COc1cccc(NC(=O)Nc2ccc(N3CCCS3(=O)=O)cc2)c1. The zero-order valence-electron chi connectivity index (χ0n) is 13.7. The Labute approximate surface area is 146 Å². The number of nitrogens with zero attached hydrogens (tertiary/aromatic N) is 1. The predicted octanol–water partition coefficient (Wildman–Crippen LogP) is 2.88. The second-order valence-corrected chi connectivity index (χ2v) is 7.61. The van der Waals surface area contributed by atoms with Crippen LogP contribution in [-0.2, 0) is 10.0 Å². The molecule has 7 nitrogen and oxygen atoms in total. The molecule has 0 unspecified atom stereocenters. The molecule has 0 radical (unpaired) electrons. The highest BCUT2D eigenvalue weighted by Crippen LogP contribution is 2.25. The molecule has 1 heterocycles. The predicted molar refractivity (Wildman–Crippen MR) is 97.8 cm³/mol. The van der Waals surface area contributed by atoms with Gasteiger partial charge in [0.25, 0.3) is 0 Å². The summed E-state index contributed by atoms with van der Waals surface area (Å²) in [6.45, 7) is 0.492. The molecule has 0 saturated carbocycles. The highest BCUT2D eigenvalue weighted by atomic mass is 32.2. The van der Waals surface area contributed by atoms with Crippen LogP contribution in [0.2, 0.25) is 0 Å². The lowest BCUT2D eigenvalue weighted by Crippen LogP contribution is -2.25. The molecule has 2 aromatic carbocycles. The molecule has 8 heteroatoms. The van der Waals surface area contributed by atoms with Crippen molar-refractivity contribution < 1.29 is 17.9 Å². The van der Waals surface area contributed by atoms with E-state index in [9.17, 15) is 13.2 Å². The van der Waals surface area contributed by atoms with Crippen LogP contribution in [0.4, 0.5) is 21.9 Å². The maximum Gasteiger partial charge on any atom is 0.323 e. The van der Waals surface area contributed by atoms with Gasteiger partial charge < -0.3 is 15.4 Å². The summed E-state index contributed by atoms with van der Waals surface area (Å²) in [5.41, 5.74) is 1.79. The normalized spacial score (nSPS) is 15.6. The fraction of sp³-hybridized carbons (Fsp3) is 0.235. The maximum atomic E-state index is 12.1. The fourth-order valence-electron chi connectivity index (χ4n) is 2.63. The van der Waals surface area contributed by atoms with Gasteiger partial charge in [-0.2, -0.15) is 0 Å². The molecule has 2 aromatic rings. The molecule has 0 spiro atoms. The number of rotatable bonds is 4. The Morgan fingerprint density at radius 2 is 1.80 bits per heavy atom. The molecule has 0 atom stereocenters. The molecule has 0 bridgehead atoms. The highest BCUT2D eigenvalue weighted by Gasteiger charge is 2.28. The molecule has 0 aliphatic carbocycles. The van der Waals surface area contributed by atoms with Gasteiger partial charge in [0, 0.05) is 24.0 Å². The molecule has 1 saturated heterocycles. The Hall–Kier alpha value is -2.74. The van der Waals surface area contributed by atoms with Crippen molar-refractivity contribution in [3.63, 3.8) is 0 Å². The van der Waals surface area contributed by atoms with Gasteiger partial charge in [-0.05, 0) is 42.8 Å². The third-order valence-corrected chi connectivity index (χ3v) is 5.71. The zero-order valence-corrected chi connectivity index (χ0v) is 14.5. The quantitative estimate of drug-likeness (QED) is 0.876. The van der Waals surface area contributed by atoms with Crippen LogP contribution in [0.15, 0.2) is 48.5 Å². The zero-order chi connectivity index (χ0) is 17.9. The van der Waals surface area contributed by atoms with E-state index in [4.69, 9.17) is 4.74 Å². The number of urea groups is 1. The smallest absolute Gasteiger partial charge is 0.323 e. The average Bonchev–Trinajstić information content (AvgIpc) is 2.95. The Kier molecular flexibility index (Phi) is 4.80. The first-order valence-corrected chi connectivity index (χ1v) is 9.41. The first kappa shape index (κ1) is 17.1. The van der Waals surface area contributed by atoms with Gasteiger partial charge in [0.05, 0.1) is 18.6 Å². The van der Waals surface area contributed by atoms with E-state index >= 15 is 0 Å². The highest BCUT2D eigenvalue weighted by molar-refractivity contribution is 7.93. The summed E-state index contributed by atoms with van der Waals surface area (Å²) in [6, 6.07) is 13.4. The standard InChI is InChI=1S/C17H19N3O4S/c1-24-16-5-2-4-14(12-16)19-17(21)18-13-6-8-15(9-7-13)20-10-3-11-25(20,22)23/h2,4-9,12H,3,10-11H2,1H3,(H2,18,19,21). The maximum absolute atomic E-state index is 12.1. The molecular weight excluding hydrogens is 342 g/mol. The third-order valence-electron chi connectivity index (χ3n) is 3.84. The molecule has 1 aliphatic heterocycles. The lowest BCUT2D eigenvalue weighted by Gasteiger charge is -2.17. The van der Waals surface area contributed by atoms with Crippen molar-refractivity contribution in [3.05, 3.63) is 48.5 Å². The van der Waals surface area contributed by atoms with Crippen molar-refractivity contribution >= 4 is 33.1 Å². The Morgan fingerprint density at radius 1 is 1.08 bits per heavy atom. The molecular formula is C17H19N3O4S. The van der Waals surface area contributed by atoms with Gasteiger partial charge in [-0.1, -0.05) is 6.07 Å². The number of ether oxygens (including phenoxy) is 1. The minimum absolute atomic E-state index is 0.177. The van der Waals surface area contributed by atoms with Gasteiger partial charge in [0.15, 0.2) is 0 Å². The second-order valence-electron chi connectivity index (χ2n) is 5.60. The Balaban J connectivity index is 1.64. The van der Waals surface area contributed by atoms with E-state index in [1.807, 2.05) is 0 Å². The van der Waals surface area contributed by atoms with Gasteiger partial charge in [0.1, 0.15) is 5.75 Å². The van der Waals surface area contributed by atoms with E-state index in [2.05, 4.69) is 10.6 Å². The molecule has 132 valence electrons. The van der Waals surface area contributed by atoms with Crippen LogP contribution < -0.4 is 19.7 Å². The summed E-state index contributed by atoms with van der Waals surface area (Å²) in [6.07, 6.45) is 0.630. The first-order chi connectivity index (χ1) is 12.0. The van der Waals surface area contributed by atoms with Crippen LogP contribution in [0.1, 0.15) is 6.42 Å². The van der Waals surface area contributed by atoms with Crippen molar-refractivity contribution in [3.8, 4) is 5.75 Å². The lowest BCUT2D eigenvalue weighted by atomic mass is 10.2. The third kappa shape index (κ3) is 4.03. The van der Waals surface area contributed by atoms with Gasteiger partial charge in [-0.25, -0.2) is 13.2 Å². The van der Waals surface area contributed by atoms with Crippen LogP contribution in [-0.4, -0.2) is 33.9 Å². The Morgan fingerprint density at radius 3 is 2.44 bits per heavy atom. The number of carbonyl (C=O) groups excluding carboxylic acids is 1. The number of hydrogen-bond acceptors (Lipinski definition) is 4.